The fraction of sp³-hybridized carbons (Fsp3) is 0.655. The van der Waals surface area contributed by atoms with Gasteiger partial charge < -0.3 is 9.47 Å². The summed E-state index contributed by atoms with van der Waals surface area (Å²) in [7, 11) is 0. The van der Waals surface area contributed by atoms with Crippen LogP contribution >= 0.6 is 0 Å². The Hall–Kier alpha value is -2.14. The zero-order valence-corrected chi connectivity index (χ0v) is 22.1. The third-order valence-electron chi connectivity index (χ3n) is 6.64. The van der Waals surface area contributed by atoms with E-state index in [4.69, 9.17) is 14.6 Å². The lowest BCUT2D eigenvalue weighted by Gasteiger charge is -2.29. The van der Waals surface area contributed by atoms with Gasteiger partial charge in [-0.3, -0.25) is 9.48 Å². The van der Waals surface area contributed by atoms with Crippen molar-refractivity contribution in [1.29, 1.82) is 0 Å². The molecule has 2 atom stereocenters. The van der Waals surface area contributed by atoms with Crippen LogP contribution in [0.5, 0.6) is 0 Å². The minimum absolute atomic E-state index is 0.00945. The van der Waals surface area contributed by atoms with E-state index in [0.717, 1.165) is 50.6 Å². The van der Waals surface area contributed by atoms with E-state index in [1.165, 1.54) is 22.4 Å². The Morgan fingerprint density at radius 2 is 1.79 bits per heavy atom. The summed E-state index contributed by atoms with van der Waals surface area (Å²) in [4.78, 5) is 11.8. The van der Waals surface area contributed by atoms with Gasteiger partial charge in [0.25, 0.3) is 0 Å². The summed E-state index contributed by atoms with van der Waals surface area (Å²) in [5.74, 6) is 0.541. The number of nitrogens with zero attached hydrogens (tertiary/aromatic N) is 2. The lowest BCUT2D eigenvalue weighted by Crippen LogP contribution is -2.33. The van der Waals surface area contributed by atoms with E-state index in [-0.39, 0.29) is 18.2 Å². The molecule has 0 spiro atoms. The zero-order chi connectivity index (χ0) is 24.7. The fourth-order valence-corrected chi connectivity index (χ4v) is 4.91. The van der Waals surface area contributed by atoms with Crippen molar-refractivity contribution >= 4 is 5.97 Å². The number of hydrogen-bond acceptors (Lipinski definition) is 4. The van der Waals surface area contributed by atoms with Crippen molar-refractivity contribution in [1.82, 2.24) is 9.78 Å². The Morgan fingerprint density at radius 1 is 1.12 bits per heavy atom. The van der Waals surface area contributed by atoms with Gasteiger partial charge in [0.1, 0.15) is 6.61 Å². The molecule has 1 saturated heterocycles. The first-order valence-electron chi connectivity index (χ1n) is 13.2. The van der Waals surface area contributed by atoms with E-state index in [0.29, 0.717) is 25.0 Å². The van der Waals surface area contributed by atoms with Gasteiger partial charge in [-0.2, -0.15) is 5.10 Å². The molecule has 3 rings (SSSR count). The van der Waals surface area contributed by atoms with E-state index in [9.17, 15) is 4.79 Å². The molecule has 1 fully saturated rings. The molecule has 34 heavy (non-hydrogen) atoms. The van der Waals surface area contributed by atoms with Crippen LogP contribution in [0.4, 0.5) is 0 Å². The molecule has 2 heterocycles. The summed E-state index contributed by atoms with van der Waals surface area (Å²) < 4.78 is 13.9. The van der Waals surface area contributed by atoms with Crippen LogP contribution in [0.1, 0.15) is 101 Å². The average molecular weight is 469 g/mol. The van der Waals surface area contributed by atoms with Crippen LogP contribution in [0.3, 0.4) is 0 Å². The third kappa shape index (κ3) is 7.43. The molecule has 1 aromatic carbocycles. The summed E-state index contributed by atoms with van der Waals surface area (Å²) >= 11 is 0. The van der Waals surface area contributed by atoms with Gasteiger partial charge in [-0.1, -0.05) is 45.0 Å². The van der Waals surface area contributed by atoms with Gasteiger partial charge in [-0.05, 0) is 69.9 Å². The first-order chi connectivity index (χ1) is 16.3. The van der Waals surface area contributed by atoms with Gasteiger partial charge in [0, 0.05) is 36.6 Å². The highest BCUT2D eigenvalue weighted by Crippen LogP contribution is 2.27. The first kappa shape index (κ1) is 26.5. The van der Waals surface area contributed by atoms with E-state index in [2.05, 4.69) is 63.6 Å². The van der Waals surface area contributed by atoms with Crippen molar-refractivity contribution in [2.45, 2.75) is 111 Å². The molecule has 0 bridgehead atoms. The van der Waals surface area contributed by atoms with Crippen molar-refractivity contribution in [2.75, 3.05) is 6.61 Å². The molecule has 5 nitrogen and oxygen atoms in total. The van der Waals surface area contributed by atoms with Crippen LogP contribution in [0, 0.1) is 12.8 Å². The van der Waals surface area contributed by atoms with Gasteiger partial charge in [0.15, 0.2) is 0 Å². The van der Waals surface area contributed by atoms with Crippen molar-refractivity contribution in [3.8, 4) is 0 Å². The monoisotopic (exact) mass is 468 g/mol. The predicted octanol–water partition coefficient (Wildman–Crippen LogP) is 6.39. The average Bonchev–Trinajstić information content (AvgIpc) is 3.09. The molecule has 0 unspecified atom stereocenters. The number of esters is 1. The van der Waals surface area contributed by atoms with Crippen LogP contribution in [0.2, 0.25) is 0 Å². The maximum absolute atomic E-state index is 11.8. The summed E-state index contributed by atoms with van der Waals surface area (Å²) in [5.41, 5.74) is 6.44. The molecule has 1 aliphatic heterocycles. The summed E-state index contributed by atoms with van der Waals surface area (Å²) in [6.45, 7) is 13.4. The highest BCUT2D eigenvalue weighted by molar-refractivity contribution is 5.69. The van der Waals surface area contributed by atoms with Crippen molar-refractivity contribution in [3.05, 3.63) is 52.3 Å². The maximum Gasteiger partial charge on any atom is 0.305 e. The highest BCUT2D eigenvalue weighted by Gasteiger charge is 2.27. The van der Waals surface area contributed by atoms with Crippen molar-refractivity contribution in [2.24, 2.45) is 5.92 Å². The van der Waals surface area contributed by atoms with Crippen LogP contribution in [0.25, 0.3) is 0 Å². The second-order valence-electron chi connectivity index (χ2n) is 10.6. The quantitative estimate of drug-likeness (QED) is 0.359. The third-order valence-corrected chi connectivity index (χ3v) is 6.64. The normalized spacial score (nSPS) is 18.6. The number of carbonyl (C=O) groups excluding carboxylic acids is 1. The molecular formula is C29H44N2O3. The number of carbonyl (C=O) groups is 1. The van der Waals surface area contributed by atoms with Gasteiger partial charge in [0.2, 0.25) is 0 Å². The van der Waals surface area contributed by atoms with Crippen LogP contribution in [-0.4, -0.2) is 34.6 Å². The molecule has 1 aromatic heterocycles. The zero-order valence-electron chi connectivity index (χ0n) is 22.1. The highest BCUT2D eigenvalue weighted by atomic mass is 16.6. The SMILES string of the molecule is CCCC(=O)OC[C@@H]1CCC[C@H](Cc2nn(C(C)C)c(C)c2Cc2ccc(CC(C)C)cc2)O1. The minimum Gasteiger partial charge on any atom is -0.463 e. The number of hydrogen-bond donors (Lipinski definition) is 0. The smallest absolute Gasteiger partial charge is 0.305 e. The van der Waals surface area contributed by atoms with Gasteiger partial charge >= 0.3 is 5.97 Å². The molecule has 0 saturated carbocycles. The largest absolute Gasteiger partial charge is 0.463 e. The van der Waals surface area contributed by atoms with E-state index < -0.39 is 0 Å². The molecule has 5 heteroatoms. The first-order valence-corrected chi connectivity index (χ1v) is 13.2. The number of benzene rings is 1. The molecule has 0 radical (unpaired) electrons. The van der Waals surface area contributed by atoms with Crippen LogP contribution < -0.4 is 0 Å². The minimum atomic E-state index is -0.124. The Labute approximate surface area is 206 Å². The maximum atomic E-state index is 11.8. The molecule has 2 aromatic rings. The summed E-state index contributed by atoms with van der Waals surface area (Å²) in [5, 5.41) is 5.03. The Kier molecular flexibility index (Phi) is 9.75. The Morgan fingerprint density at radius 3 is 2.44 bits per heavy atom. The van der Waals surface area contributed by atoms with E-state index >= 15 is 0 Å². The molecular weight excluding hydrogens is 424 g/mol. The Bertz CT molecular complexity index is 914. The lowest BCUT2D eigenvalue weighted by atomic mass is 9.95. The fourth-order valence-electron chi connectivity index (χ4n) is 4.91. The second-order valence-corrected chi connectivity index (χ2v) is 10.6. The van der Waals surface area contributed by atoms with Crippen molar-refractivity contribution in [3.63, 3.8) is 0 Å². The standard InChI is InChI=1S/C29H44N2O3/c1-7-9-29(32)33-19-26-11-8-10-25(34-26)18-28-27(22(6)31(30-28)21(4)5)17-24-14-12-23(13-15-24)16-20(2)3/h12-15,20-21,25-26H,7-11,16-19H2,1-6H3/t25-,26+/m1/s1. The predicted molar refractivity (Wildman–Crippen MR) is 137 cm³/mol. The van der Waals surface area contributed by atoms with E-state index in [1.54, 1.807) is 0 Å². The van der Waals surface area contributed by atoms with Crippen LogP contribution in [-0.2, 0) is 33.5 Å². The van der Waals surface area contributed by atoms with E-state index in [1.807, 2.05) is 6.92 Å². The number of rotatable bonds is 11. The van der Waals surface area contributed by atoms with Gasteiger partial charge in [-0.15, -0.1) is 0 Å². The van der Waals surface area contributed by atoms with Gasteiger partial charge in [-0.25, -0.2) is 0 Å². The molecule has 0 N–H and O–H groups in total. The Balaban J connectivity index is 1.71. The molecule has 1 aliphatic rings. The van der Waals surface area contributed by atoms with Gasteiger partial charge in [0.05, 0.1) is 17.9 Å². The summed E-state index contributed by atoms with van der Waals surface area (Å²) in [6, 6.07) is 9.40. The molecule has 188 valence electrons. The lowest BCUT2D eigenvalue weighted by molar-refractivity contribution is -0.152. The molecule has 0 amide bonds. The second kappa shape index (κ2) is 12.5. The summed E-state index contributed by atoms with van der Waals surface area (Å²) in [6.07, 6.45) is 7.28. The molecule has 0 aliphatic carbocycles. The number of aromatic nitrogens is 2. The number of ether oxygens (including phenoxy) is 2. The topological polar surface area (TPSA) is 53.3 Å². The van der Waals surface area contributed by atoms with Crippen LogP contribution in [0.15, 0.2) is 24.3 Å². The van der Waals surface area contributed by atoms with Crippen molar-refractivity contribution < 1.29 is 14.3 Å².